The minimum absolute atomic E-state index is 0.155. The number of carbonyl (C=O) groups is 1. The number of nitrogens with zero attached hydrogens (tertiary/aromatic N) is 1. The lowest BCUT2D eigenvalue weighted by atomic mass is 10.1. The number of Topliss-reactive ketones (excluding diaryl/α,β-unsaturated/α-hetero) is 1. The molecule has 0 saturated heterocycles. The van der Waals surface area contributed by atoms with Crippen LogP contribution in [0.5, 0.6) is 0 Å². The van der Waals surface area contributed by atoms with Crippen LogP contribution in [0.3, 0.4) is 0 Å². The van der Waals surface area contributed by atoms with E-state index < -0.39 is 19.4 Å². The summed E-state index contributed by atoms with van der Waals surface area (Å²) in [5.41, 5.74) is 0.330. The maximum atomic E-state index is 12.6. The normalized spacial score (nSPS) is 12.5. The third kappa shape index (κ3) is 6.40. The first-order chi connectivity index (χ1) is 13.0. The van der Waals surface area contributed by atoms with Gasteiger partial charge in [-0.1, -0.05) is 47.3 Å². The van der Waals surface area contributed by atoms with E-state index in [0.29, 0.717) is 5.56 Å². The first-order valence-electron chi connectivity index (χ1n) is 8.59. The van der Waals surface area contributed by atoms with Crippen LogP contribution in [0, 0.1) is 4.91 Å². The van der Waals surface area contributed by atoms with Crippen molar-refractivity contribution in [2.75, 3.05) is 19.4 Å². The van der Waals surface area contributed by atoms with Crippen LogP contribution >= 0.6 is 19.4 Å². The molecule has 2 rings (SSSR count). The molecule has 0 spiro atoms. The fourth-order valence-corrected chi connectivity index (χ4v) is 4.98. The van der Waals surface area contributed by atoms with Crippen LogP contribution in [0.2, 0.25) is 0 Å². The molecule has 27 heavy (non-hydrogen) atoms. The number of carbonyl (C=O) groups excluding carboxylic acids is 1. The average Bonchev–Trinajstić information content (AvgIpc) is 2.67. The van der Waals surface area contributed by atoms with Gasteiger partial charge in [0.05, 0.1) is 19.4 Å². The van der Waals surface area contributed by atoms with Crippen LogP contribution in [0.15, 0.2) is 69.6 Å². The van der Waals surface area contributed by atoms with Crippen molar-refractivity contribution < 1.29 is 18.4 Å². The Balaban J connectivity index is 2.10. The number of benzene rings is 2. The standard InChI is InChI=1S/C19H22NO5PS/c1-3-24-26(23,25-4-2)14-18(20-22)19(21)15-10-12-17(13-11-15)27-16-8-6-5-7-9-16/h5-13,18H,3-4,14H2,1-2H3. The fraction of sp³-hybridized carbons (Fsp3) is 0.316. The molecule has 0 saturated carbocycles. The van der Waals surface area contributed by atoms with Gasteiger partial charge in [0, 0.05) is 15.4 Å². The Labute approximate surface area is 163 Å². The summed E-state index contributed by atoms with van der Waals surface area (Å²) in [6.45, 7) is 3.64. The summed E-state index contributed by atoms with van der Waals surface area (Å²) in [6.07, 6.45) is -0.364. The number of rotatable bonds is 11. The monoisotopic (exact) mass is 407 g/mol. The van der Waals surface area contributed by atoms with Gasteiger partial charge in [-0.3, -0.25) is 9.36 Å². The SMILES string of the molecule is CCOP(=O)(CC(N=O)C(=O)c1ccc(Sc2ccccc2)cc1)OCC. The summed E-state index contributed by atoms with van der Waals surface area (Å²) in [5, 5.41) is 2.87. The van der Waals surface area contributed by atoms with E-state index in [2.05, 4.69) is 5.18 Å². The van der Waals surface area contributed by atoms with Crippen molar-refractivity contribution in [3.05, 3.63) is 65.1 Å². The van der Waals surface area contributed by atoms with Crippen molar-refractivity contribution in [3.63, 3.8) is 0 Å². The van der Waals surface area contributed by atoms with Gasteiger partial charge >= 0.3 is 7.60 Å². The van der Waals surface area contributed by atoms with Gasteiger partial charge in [0.1, 0.15) is 0 Å². The van der Waals surface area contributed by atoms with Crippen molar-refractivity contribution in [1.29, 1.82) is 0 Å². The van der Waals surface area contributed by atoms with Gasteiger partial charge in [-0.15, -0.1) is 0 Å². The third-order valence-electron chi connectivity index (χ3n) is 3.60. The van der Waals surface area contributed by atoms with E-state index in [1.54, 1.807) is 49.9 Å². The Morgan fingerprint density at radius 1 is 1.00 bits per heavy atom. The Kier molecular flexibility index (Phi) is 8.38. The number of nitroso groups, excluding NO2 is 1. The fourth-order valence-electron chi connectivity index (χ4n) is 2.42. The molecule has 0 radical (unpaired) electrons. The molecule has 2 aromatic carbocycles. The highest BCUT2D eigenvalue weighted by Gasteiger charge is 2.33. The molecule has 0 aliphatic carbocycles. The molecule has 1 atom stereocenters. The predicted octanol–water partition coefficient (Wildman–Crippen LogP) is 5.42. The van der Waals surface area contributed by atoms with E-state index in [1.807, 2.05) is 30.3 Å². The van der Waals surface area contributed by atoms with E-state index in [-0.39, 0.29) is 19.4 Å². The first-order valence-corrected chi connectivity index (χ1v) is 11.1. The third-order valence-corrected chi connectivity index (χ3v) is 6.71. The minimum atomic E-state index is -3.54. The molecule has 8 heteroatoms. The van der Waals surface area contributed by atoms with E-state index in [4.69, 9.17) is 9.05 Å². The van der Waals surface area contributed by atoms with Gasteiger partial charge < -0.3 is 9.05 Å². The summed E-state index contributed by atoms with van der Waals surface area (Å²) in [6, 6.07) is 15.4. The lowest BCUT2D eigenvalue weighted by Gasteiger charge is -2.18. The van der Waals surface area contributed by atoms with Crippen molar-refractivity contribution in [2.24, 2.45) is 5.18 Å². The van der Waals surface area contributed by atoms with Crippen molar-refractivity contribution in [3.8, 4) is 0 Å². The Morgan fingerprint density at radius 3 is 2.07 bits per heavy atom. The summed E-state index contributed by atoms with van der Waals surface area (Å²) in [5.74, 6) is -0.499. The topological polar surface area (TPSA) is 82.0 Å². The molecule has 2 aromatic rings. The molecule has 0 fully saturated rings. The zero-order chi connectivity index (χ0) is 19.7. The summed E-state index contributed by atoms with van der Waals surface area (Å²) in [4.78, 5) is 25.8. The van der Waals surface area contributed by atoms with E-state index in [0.717, 1.165) is 9.79 Å². The highest BCUT2D eigenvalue weighted by Crippen LogP contribution is 2.49. The van der Waals surface area contributed by atoms with E-state index in [9.17, 15) is 14.3 Å². The summed E-state index contributed by atoms with van der Waals surface area (Å²) < 4.78 is 22.9. The van der Waals surface area contributed by atoms with Crippen LogP contribution in [-0.4, -0.2) is 31.2 Å². The van der Waals surface area contributed by atoms with E-state index >= 15 is 0 Å². The molecule has 0 bridgehead atoms. The second-order valence-electron chi connectivity index (χ2n) is 5.55. The van der Waals surface area contributed by atoms with Gasteiger partial charge in [0.2, 0.25) is 0 Å². The molecule has 0 aliphatic heterocycles. The predicted molar refractivity (Wildman–Crippen MR) is 107 cm³/mol. The number of ketones is 1. The van der Waals surface area contributed by atoms with Gasteiger partial charge in [-0.05, 0) is 38.1 Å². The smallest absolute Gasteiger partial charge is 0.309 e. The molecular weight excluding hydrogens is 385 g/mol. The van der Waals surface area contributed by atoms with Gasteiger partial charge in [0.15, 0.2) is 11.8 Å². The molecular formula is C19H22NO5PS. The first kappa shape index (κ1) is 21.5. The quantitative estimate of drug-likeness (QED) is 0.281. The van der Waals surface area contributed by atoms with Crippen molar-refractivity contribution in [2.45, 2.75) is 29.7 Å². The van der Waals surface area contributed by atoms with Gasteiger partial charge in [-0.25, -0.2) is 0 Å². The molecule has 0 aromatic heterocycles. The summed E-state index contributed by atoms with van der Waals surface area (Å²) >= 11 is 1.56. The second-order valence-corrected chi connectivity index (χ2v) is 8.80. The molecule has 144 valence electrons. The number of hydrogen-bond donors (Lipinski definition) is 0. The largest absolute Gasteiger partial charge is 0.333 e. The maximum Gasteiger partial charge on any atom is 0.333 e. The minimum Gasteiger partial charge on any atom is -0.309 e. The van der Waals surface area contributed by atoms with Crippen LogP contribution < -0.4 is 0 Å². The molecule has 0 heterocycles. The van der Waals surface area contributed by atoms with Gasteiger partial charge in [0.25, 0.3) is 0 Å². The second kappa shape index (κ2) is 10.5. The molecule has 0 amide bonds. The van der Waals surface area contributed by atoms with Crippen molar-refractivity contribution in [1.82, 2.24) is 0 Å². The highest BCUT2D eigenvalue weighted by molar-refractivity contribution is 7.99. The number of hydrogen-bond acceptors (Lipinski definition) is 7. The Hall–Kier alpha value is -1.79. The average molecular weight is 407 g/mol. The molecule has 6 nitrogen and oxygen atoms in total. The zero-order valence-corrected chi connectivity index (χ0v) is 16.9. The van der Waals surface area contributed by atoms with Crippen LogP contribution in [0.25, 0.3) is 0 Å². The lowest BCUT2D eigenvalue weighted by Crippen LogP contribution is -2.24. The van der Waals surface area contributed by atoms with Crippen LogP contribution in [0.4, 0.5) is 0 Å². The maximum absolute atomic E-state index is 12.6. The van der Waals surface area contributed by atoms with Gasteiger partial charge in [-0.2, -0.15) is 4.91 Å². The van der Waals surface area contributed by atoms with Crippen LogP contribution in [0.1, 0.15) is 24.2 Å². The summed E-state index contributed by atoms with van der Waals surface area (Å²) in [7, 11) is -3.54. The zero-order valence-electron chi connectivity index (χ0n) is 15.2. The molecule has 1 unspecified atom stereocenters. The van der Waals surface area contributed by atoms with E-state index in [1.165, 1.54) is 0 Å². The van der Waals surface area contributed by atoms with Crippen LogP contribution in [-0.2, 0) is 13.6 Å². The Morgan fingerprint density at radius 2 is 1.56 bits per heavy atom. The highest BCUT2D eigenvalue weighted by atomic mass is 32.2. The molecule has 0 N–H and O–H groups in total. The molecule has 0 aliphatic rings. The van der Waals surface area contributed by atoms with Crippen molar-refractivity contribution >= 4 is 25.1 Å². The Bertz CT molecular complexity index is 788. The lowest BCUT2D eigenvalue weighted by molar-refractivity contribution is 0.0964.